The zero-order chi connectivity index (χ0) is 36.3. The van der Waals surface area contributed by atoms with Gasteiger partial charge in [0.1, 0.15) is 5.60 Å². The summed E-state index contributed by atoms with van der Waals surface area (Å²) in [5.41, 5.74) is 1.37. The Morgan fingerprint density at radius 3 is 2.39 bits per heavy atom. The van der Waals surface area contributed by atoms with E-state index in [2.05, 4.69) is 9.80 Å². The molecule has 10 nitrogen and oxygen atoms in total. The van der Waals surface area contributed by atoms with E-state index < -0.39 is 29.5 Å². The Morgan fingerprint density at radius 1 is 0.980 bits per heavy atom. The monoisotopic (exact) mass is 734 g/mol. The van der Waals surface area contributed by atoms with E-state index in [0.29, 0.717) is 42.9 Å². The van der Waals surface area contributed by atoms with Crippen LogP contribution in [-0.4, -0.2) is 122 Å². The van der Waals surface area contributed by atoms with Gasteiger partial charge in [0.25, 0.3) is 0 Å². The Hall–Kier alpha value is -2.81. The summed E-state index contributed by atoms with van der Waals surface area (Å²) in [7, 11) is 0. The van der Waals surface area contributed by atoms with Crippen LogP contribution in [0, 0.1) is 0 Å². The van der Waals surface area contributed by atoms with Gasteiger partial charge >= 0.3 is 12.3 Å². The van der Waals surface area contributed by atoms with Gasteiger partial charge in [-0.25, -0.2) is 4.79 Å². The molecule has 0 spiro atoms. The third-order valence-corrected chi connectivity index (χ3v) is 11.5. The van der Waals surface area contributed by atoms with Crippen molar-refractivity contribution in [2.45, 2.75) is 114 Å². The standard InChI is InChI=1S/C37H53F3N6O4S/c1-36(2,3)50-35(49)44-19-13-31-29(25-44)34(26-9-10-30(37(38,39)40)32(22-26)51-21-20-42-14-5-4-6-15-42)41-46(31)24-28(47)23-43-17-11-27(12-18-43)45-16-7-8-33(45)48/h9-10,22,27-28,47H,4-8,11-21,23-25H2,1-3H3. The second-order valence-electron chi connectivity index (χ2n) is 15.4. The average molecular weight is 735 g/mol. The molecule has 4 aliphatic heterocycles. The lowest BCUT2D eigenvalue weighted by molar-refractivity contribution is -0.139. The molecule has 1 aromatic heterocycles. The highest BCUT2D eigenvalue weighted by Gasteiger charge is 2.36. The van der Waals surface area contributed by atoms with Crippen molar-refractivity contribution in [2.24, 2.45) is 0 Å². The highest BCUT2D eigenvalue weighted by molar-refractivity contribution is 7.99. The van der Waals surface area contributed by atoms with Crippen LogP contribution in [0.4, 0.5) is 18.0 Å². The molecule has 6 rings (SSSR count). The molecule has 3 fully saturated rings. The number of thioether (sulfide) groups is 1. The lowest BCUT2D eigenvalue weighted by Crippen LogP contribution is -2.47. The van der Waals surface area contributed by atoms with E-state index in [1.54, 1.807) is 15.6 Å². The van der Waals surface area contributed by atoms with Crippen LogP contribution in [0.1, 0.15) is 82.5 Å². The fourth-order valence-electron chi connectivity index (χ4n) is 7.87. The maximum absolute atomic E-state index is 14.2. The quantitative estimate of drug-likeness (QED) is 0.303. The van der Waals surface area contributed by atoms with Gasteiger partial charge in [0, 0.05) is 85.6 Å². The predicted octanol–water partition coefficient (Wildman–Crippen LogP) is 5.89. The molecule has 282 valence electrons. The fourth-order valence-corrected chi connectivity index (χ4v) is 8.99. The lowest BCUT2D eigenvalue weighted by Gasteiger charge is -2.37. The normalized spacial score (nSPS) is 20.6. The van der Waals surface area contributed by atoms with Crippen LogP contribution in [0.15, 0.2) is 23.1 Å². The zero-order valence-corrected chi connectivity index (χ0v) is 31.0. The molecule has 0 bridgehead atoms. The van der Waals surface area contributed by atoms with Crippen LogP contribution in [0.25, 0.3) is 11.3 Å². The summed E-state index contributed by atoms with van der Waals surface area (Å²) in [6.45, 7) is 11.8. The van der Waals surface area contributed by atoms with E-state index in [9.17, 15) is 27.9 Å². The number of rotatable bonds is 10. The molecule has 51 heavy (non-hydrogen) atoms. The average Bonchev–Trinajstić information content (AvgIpc) is 3.67. The summed E-state index contributed by atoms with van der Waals surface area (Å²) in [4.78, 5) is 33.7. The number of benzene rings is 1. The van der Waals surface area contributed by atoms with Gasteiger partial charge in [-0.2, -0.15) is 18.3 Å². The van der Waals surface area contributed by atoms with Crippen molar-refractivity contribution in [3.63, 3.8) is 0 Å². The van der Waals surface area contributed by atoms with Crippen LogP contribution in [0.2, 0.25) is 0 Å². The van der Waals surface area contributed by atoms with Crippen molar-refractivity contribution in [1.29, 1.82) is 0 Å². The van der Waals surface area contributed by atoms with E-state index >= 15 is 0 Å². The number of fused-ring (bicyclic) bond motifs is 1. The van der Waals surface area contributed by atoms with E-state index in [4.69, 9.17) is 9.84 Å². The summed E-state index contributed by atoms with van der Waals surface area (Å²) in [6.07, 6.45) is 1.56. The number of aromatic nitrogens is 2. The first kappa shape index (κ1) is 37.9. The molecule has 0 radical (unpaired) electrons. The number of likely N-dealkylation sites (tertiary alicyclic amines) is 3. The number of β-amino-alcohol motifs (C(OH)–C–C–N with tert-alkyl or cyclic N) is 1. The predicted molar refractivity (Wildman–Crippen MR) is 190 cm³/mol. The number of amides is 2. The summed E-state index contributed by atoms with van der Waals surface area (Å²) >= 11 is 1.22. The number of ether oxygens (including phenoxy) is 1. The van der Waals surface area contributed by atoms with Crippen LogP contribution in [-0.2, 0) is 35.2 Å². The third-order valence-electron chi connectivity index (χ3n) is 10.4. The smallest absolute Gasteiger partial charge is 0.417 e. The van der Waals surface area contributed by atoms with Gasteiger partial charge in [0.15, 0.2) is 0 Å². The minimum absolute atomic E-state index is 0.166. The van der Waals surface area contributed by atoms with Crippen molar-refractivity contribution in [3.05, 3.63) is 35.0 Å². The van der Waals surface area contributed by atoms with Crippen molar-refractivity contribution >= 4 is 23.8 Å². The van der Waals surface area contributed by atoms with Crippen LogP contribution < -0.4 is 0 Å². The van der Waals surface area contributed by atoms with Gasteiger partial charge in [-0.05, 0) is 78.1 Å². The van der Waals surface area contributed by atoms with Crippen LogP contribution in [0.3, 0.4) is 0 Å². The number of carbonyl (C=O) groups excluding carboxylic acids is 2. The van der Waals surface area contributed by atoms with Crippen molar-refractivity contribution in [1.82, 2.24) is 29.4 Å². The summed E-state index contributed by atoms with van der Waals surface area (Å²) in [6, 6.07) is 4.47. The Bertz CT molecular complexity index is 1530. The number of alkyl halides is 3. The topological polar surface area (TPSA) is 94.4 Å². The van der Waals surface area contributed by atoms with E-state index in [-0.39, 0.29) is 29.9 Å². The van der Waals surface area contributed by atoms with Gasteiger partial charge in [0.05, 0.1) is 30.5 Å². The van der Waals surface area contributed by atoms with Crippen LogP contribution >= 0.6 is 11.8 Å². The number of piperidine rings is 2. The molecule has 0 aliphatic carbocycles. The van der Waals surface area contributed by atoms with E-state index in [1.165, 1.54) is 24.2 Å². The first-order chi connectivity index (χ1) is 24.2. The molecular weight excluding hydrogens is 682 g/mol. The molecule has 0 saturated carbocycles. The van der Waals surface area contributed by atoms with Gasteiger partial charge in [-0.1, -0.05) is 12.5 Å². The Balaban J connectivity index is 1.22. The van der Waals surface area contributed by atoms with E-state index in [0.717, 1.165) is 88.7 Å². The summed E-state index contributed by atoms with van der Waals surface area (Å²) < 4.78 is 50.1. The second-order valence-corrected chi connectivity index (χ2v) is 16.6. The molecule has 4 aliphatic rings. The third kappa shape index (κ3) is 9.60. The van der Waals surface area contributed by atoms with Crippen molar-refractivity contribution in [3.8, 4) is 11.3 Å². The second kappa shape index (κ2) is 16.1. The Morgan fingerprint density at radius 2 is 1.73 bits per heavy atom. The molecule has 2 amide bonds. The maximum atomic E-state index is 14.2. The van der Waals surface area contributed by atoms with Gasteiger partial charge in [-0.15, -0.1) is 11.8 Å². The molecule has 1 unspecified atom stereocenters. The molecule has 2 aromatic rings. The van der Waals surface area contributed by atoms with E-state index in [1.807, 2.05) is 25.7 Å². The molecule has 14 heteroatoms. The highest BCUT2D eigenvalue weighted by Crippen LogP contribution is 2.40. The largest absolute Gasteiger partial charge is 0.444 e. The fraction of sp³-hybridized carbons (Fsp3) is 0.703. The van der Waals surface area contributed by atoms with Crippen molar-refractivity contribution < 1.29 is 32.6 Å². The first-order valence-electron chi connectivity index (χ1n) is 18.6. The highest BCUT2D eigenvalue weighted by atomic mass is 32.2. The number of hydrogen-bond donors (Lipinski definition) is 1. The number of hydrogen-bond acceptors (Lipinski definition) is 8. The number of nitrogens with zero attached hydrogens (tertiary/aromatic N) is 6. The minimum Gasteiger partial charge on any atom is -0.444 e. The number of aliphatic hydroxyl groups excluding tert-OH is 1. The molecule has 1 atom stereocenters. The number of carbonyl (C=O) groups is 2. The van der Waals surface area contributed by atoms with Crippen molar-refractivity contribution in [2.75, 3.05) is 58.1 Å². The summed E-state index contributed by atoms with van der Waals surface area (Å²) in [5.74, 6) is 0.790. The SMILES string of the molecule is CC(C)(C)OC(=O)N1CCc2c(c(-c3ccc(C(F)(F)F)c(SCCN4CCCCC4)c3)nn2CC(O)CN2CCC(N3CCCC3=O)CC2)C1. The summed E-state index contributed by atoms with van der Waals surface area (Å²) in [5, 5.41) is 16.3. The van der Waals surface area contributed by atoms with Gasteiger partial charge in [0.2, 0.25) is 5.91 Å². The van der Waals surface area contributed by atoms with Gasteiger partial charge in [-0.3, -0.25) is 9.48 Å². The molecule has 1 aromatic carbocycles. The molecule has 3 saturated heterocycles. The zero-order valence-electron chi connectivity index (χ0n) is 30.2. The molecule has 5 heterocycles. The number of halogens is 3. The molecule has 1 N–H and O–H groups in total. The number of aliphatic hydroxyl groups is 1. The Labute approximate surface area is 303 Å². The lowest BCUT2D eigenvalue weighted by atomic mass is 10.00. The first-order valence-corrected chi connectivity index (χ1v) is 19.6. The minimum atomic E-state index is -4.50. The van der Waals surface area contributed by atoms with Gasteiger partial charge < -0.3 is 29.4 Å². The Kier molecular flexibility index (Phi) is 11.9. The maximum Gasteiger partial charge on any atom is 0.417 e. The van der Waals surface area contributed by atoms with Crippen LogP contribution in [0.5, 0.6) is 0 Å². The molecular formula is C37H53F3N6O4S.